The van der Waals surface area contributed by atoms with E-state index in [9.17, 15) is 14.4 Å². The van der Waals surface area contributed by atoms with Crippen LogP contribution < -0.4 is 10.2 Å². The maximum atomic E-state index is 13.2. The normalized spacial score (nSPS) is 15.0. The summed E-state index contributed by atoms with van der Waals surface area (Å²) in [5.41, 5.74) is 2.52. The number of carbonyl (C=O) groups excluding carboxylic acids is 3. The van der Waals surface area contributed by atoms with Gasteiger partial charge in [0.15, 0.2) is 5.11 Å². The Morgan fingerprint density at radius 1 is 1.09 bits per heavy atom. The summed E-state index contributed by atoms with van der Waals surface area (Å²) in [7, 11) is 0. The van der Waals surface area contributed by atoms with Gasteiger partial charge in [-0.1, -0.05) is 30.3 Å². The lowest BCUT2D eigenvalue weighted by molar-refractivity contribution is -0.122. The molecule has 1 aliphatic rings. The van der Waals surface area contributed by atoms with Crippen LogP contribution in [0.15, 0.2) is 70.7 Å². The van der Waals surface area contributed by atoms with Crippen molar-refractivity contribution in [2.24, 2.45) is 0 Å². The number of rotatable bonds is 5. The van der Waals surface area contributed by atoms with Crippen LogP contribution in [-0.4, -0.2) is 29.5 Å². The van der Waals surface area contributed by atoms with Gasteiger partial charge in [0.2, 0.25) is 0 Å². The fourth-order valence-corrected chi connectivity index (χ4v) is 3.68. The molecule has 0 aliphatic carbocycles. The molecule has 3 aromatic rings. The van der Waals surface area contributed by atoms with Crippen LogP contribution in [0.3, 0.4) is 0 Å². The summed E-state index contributed by atoms with van der Waals surface area (Å²) >= 11 is 5.24. The quantitative estimate of drug-likeness (QED) is 0.265. The topological polar surface area (TPSA) is 88.9 Å². The van der Waals surface area contributed by atoms with Crippen LogP contribution in [0, 0.1) is 6.92 Å². The molecule has 4 rings (SSSR count). The summed E-state index contributed by atoms with van der Waals surface area (Å²) in [4.78, 5) is 38.8. The molecule has 8 heteroatoms. The van der Waals surface area contributed by atoms with E-state index in [2.05, 4.69) is 5.32 Å². The summed E-state index contributed by atoms with van der Waals surface area (Å²) in [5, 5.41) is 2.59. The first-order valence-corrected chi connectivity index (χ1v) is 10.6. The van der Waals surface area contributed by atoms with E-state index < -0.39 is 17.8 Å². The van der Waals surface area contributed by atoms with Crippen LogP contribution in [0.1, 0.15) is 28.6 Å². The van der Waals surface area contributed by atoms with E-state index in [1.165, 1.54) is 11.0 Å². The Kier molecular flexibility index (Phi) is 6.19. The summed E-state index contributed by atoms with van der Waals surface area (Å²) in [6, 6.07) is 17.4. The lowest BCUT2D eigenvalue weighted by Crippen LogP contribution is -2.54. The van der Waals surface area contributed by atoms with Gasteiger partial charge in [0, 0.05) is 5.56 Å². The van der Waals surface area contributed by atoms with Gasteiger partial charge < -0.3 is 9.15 Å². The number of hydrogen-bond acceptors (Lipinski definition) is 6. The van der Waals surface area contributed by atoms with E-state index in [1.807, 2.05) is 19.1 Å². The van der Waals surface area contributed by atoms with Crippen molar-refractivity contribution in [1.82, 2.24) is 5.32 Å². The van der Waals surface area contributed by atoms with Crippen LogP contribution in [-0.2, 0) is 14.3 Å². The van der Waals surface area contributed by atoms with Gasteiger partial charge in [-0.05, 0) is 68.0 Å². The number of carbonyl (C=O) groups is 3. The maximum absolute atomic E-state index is 13.2. The Hall–Kier alpha value is -4.04. The Morgan fingerprint density at radius 3 is 2.52 bits per heavy atom. The number of thiocarbonyl (C=S) groups is 1. The van der Waals surface area contributed by atoms with Gasteiger partial charge in [-0.2, -0.15) is 0 Å². The zero-order chi connectivity index (χ0) is 23.5. The molecule has 0 saturated carbocycles. The first-order chi connectivity index (χ1) is 15.9. The maximum Gasteiger partial charge on any atom is 0.338 e. The Bertz CT molecular complexity index is 1290. The summed E-state index contributed by atoms with van der Waals surface area (Å²) in [5.74, 6) is -0.670. The highest BCUT2D eigenvalue weighted by molar-refractivity contribution is 7.80. The Balaban J connectivity index is 1.61. The van der Waals surface area contributed by atoms with Gasteiger partial charge in [0.25, 0.3) is 11.8 Å². The number of ether oxygens (including phenoxy) is 1. The van der Waals surface area contributed by atoms with E-state index in [4.69, 9.17) is 21.4 Å². The van der Waals surface area contributed by atoms with Gasteiger partial charge in [0.05, 0.1) is 17.9 Å². The molecule has 2 heterocycles. The van der Waals surface area contributed by atoms with Crippen molar-refractivity contribution in [3.05, 3.63) is 83.1 Å². The summed E-state index contributed by atoms with van der Waals surface area (Å²) in [6.45, 7) is 3.91. The smallest absolute Gasteiger partial charge is 0.338 e. The molecule has 1 aliphatic heterocycles. The predicted octanol–water partition coefficient (Wildman–Crippen LogP) is 4.26. The van der Waals surface area contributed by atoms with Gasteiger partial charge >= 0.3 is 5.97 Å². The van der Waals surface area contributed by atoms with Crippen molar-refractivity contribution < 1.29 is 23.5 Å². The standard InChI is InChI=1S/C25H20N2O5S/c1-3-31-24(30)17-10-8-16(9-11-17)21-13-12-18(32-21)14-19-22(28)26-25(33)27(23(19)29)20-7-5-4-6-15(20)2/h4-14H,3H2,1-2H3,(H,26,28,33)/b19-14+. The van der Waals surface area contributed by atoms with E-state index in [1.54, 1.807) is 55.5 Å². The molecule has 1 saturated heterocycles. The average Bonchev–Trinajstić information content (AvgIpc) is 3.27. The molecule has 0 spiro atoms. The number of nitrogens with zero attached hydrogens (tertiary/aromatic N) is 1. The number of esters is 1. The van der Waals surface area contributed by atoms with Gasteiger partial charge in [0.1, 0.15) is 17.1 Å². The Morgan fingerprint density at radius 2 is 1.82 bits per heavy atom. The molecule has 0 unspecified atom stereocenters. The second-order valence-electron chi connectivity index (χ2n) is 7.24. The minimum absolute atomic E-state index is 0.0262. The van der Waals surface area contributed by atoms with E-state index in [-0.39, 0.29) is 10.7 Å². The monoisotopic (exact) mass is 460 g/mol. The Labute approximate surface area is 195 Å². The van der Waals surface area contributed by atoms with Crippen molar-refractivity contribution in [1.29, 1.82) is 0 Å². The van der Waals surface area contributed by atoms with Crippen molar-refractivity contribution >= 4 is 46.9 Å². The number of hydrogen-bond donors (Lipinski definition) is 1. The first-order valence-electron chi connectivity index (χ1n) is 10.2. The van der Waals surface area contributed by atoms with Gasteiger partial charge in [-0.3, -0.25) is 19.8 Å². The molecule has 0 bridgehead atoms. The third kappa shape index (κ3) is 4.47. The van der Waals surface area contributed by atoms with Crippen molar-refractivity contribution in [3.63, 3.8) is 0 Å². The predicted molar refractivity (Wildman–Crippen MR) is 127 cm³/mol. The molecule has 166 valence electrons. The average molecular weight is 461 g/mol. The van der Waals surface area contributed by atoms with E-state index in [0.29, 0.717) is 29.4 Å². The molecule has 0 radical (unpaired) electrons. The molecule has 7 nitrogen and oxygen atoms in total. The highest BCUT2D eigenvalue weighted by Crippen LogP contribution is 2.27. The van der Waals surface area contributed by atoms with Gasteiger partial charge in [-0.25, -0.2) is 4.79 Å². The molecule has 33 heavy (non-hydrogen) atoms. The number of anilines is 1. The van der Waals surface area contributed by atoms with E-state index in [0.717, 1.165) is 11.1 Å². The summed E-state index contributed by atoms with van der Waals surface area (Å²) in [6.07, 6.45) is 1.39. The highest BCUT2D eigenvalue weighted by Gasteiger charge is 2.35. The van der Waals surface area contributed by atoms with E-state index >= 15 is 0 Å². The third-order valence-corrected chi connectivity index (χ3v) is 5.34. The third-order valence-electron chi connectivity index (χ3n) is 5.05. The number of nitrogens with one attached hydrogen (secondary N) is 1. The highest BCUT2D eigenvalue weighted by atomic mass is 32.1. The van der Waals surface area contributed by atoms with Crippen LogP contribution in [0.5, 0.6) is 0 Å². The zero-order valence-corrected chi connectivity index (χ0v) is 18.8. The lowest BCUT2D eigenvalue weighted by Gasteiger charge is -2.29. The van der Waals surface area contributed by atoms with Crippen LogP contribution in [0.2, 0.25) is 0 Å². The first kappa shape index (κ1) is 22.2. The molecular weight excluding hydrogens is 440 g/mol. The number of furan rings is 1. The number of para-hydroxylation sites is 1. The van der Waals surface area contributed by atoms with Gasteiger partial charge in [-0.15, -0.1) is 0 Å². The lowest BCUT2D eigenvalue weighted by atomic mass is 10.1. The van der Waals surface area contributed by atoms with Crippen LogP contribution in [0.4, 0.5) is 5.69 Å². The minimum atomic E-state index is -0.591. The number of benzene rings is 2. The van der Waals surface area contributed by atoms with Crippen molar-refractivity contribution in [3.8, 4) is 11.3 Å². The molecular formula is C25H20N2O5S. The fraction of sp³-hybridized carbons (Fsp3) is 0.120. The molecule has 1 fully saturated rings. The zero-order valence-electron chi connectivity index (χ0n) is 18.0. The van der Waals surface area contributed by atoms with Crippen molar-refractivity contribution in [2.75, 3.05) is 11.5 Å². The second-order valence-corrected chi connectivity index (χ2v) is 7.63. The fourth-order valence-electron chi connectivity index (χ4n) is 3.40. The van der Waals surface area contributed by atoms with Crippen LogP contribution >= 0.6 is 12.2 Å². The SMILES string of the molecule is CCOC(=O)c1ccc(-c2ccc(/C=C3\C(=O)NC(=S)N(c4ccccc4C)C3=O)o2)cc1. The molecule has 0 atom stereocenters. The minimum Gasteiger partial charge on any atom is -0.462 e. The largest absolute Gasteiger partial charge is 0.462 e. The molecule has 1 N–H and O–H groups in total. The molecule has 1 aromatic heterocycles. The number of aryl methyl sites for hydroxylation is 1. The second kappa shape index (κ2) is 9.22. The van der Waals surface area contributed by atoms with Crippen LogP contribution in [0.25, 0.3) is 17.4 Å². The summed E-state index contributed by atoms with van der Waals surface area (Å²) < 4.78 is 10.8. The molecule has 2 amide bonds. The number of amides is 2. The molecule has 2 aromatic carbocycles. The van der Waals surface area contributed by atoms with Crippen molar-refractivity contribution in [2.45, 2.75) is 13.8 Å².